The van der Waals surface area contributed by atoms with Crippen molar-refractivity contribution < 1.29 is 9.15 Å². The molecule has 1 aromatic carbocycles. The quantitative estimate of drug-likeness (QED) is 0.792. The van der Waals surface area contributed by atoms with Crippen LogP contribution in [-0.4, -0.2) is 29.6 Å². The Morgan fingerprint density at radius 3 is 2.80 bits per heavy atom. The number of nitrogens with zero attached hydrogens (tertiary/aromatic N) is 2. The van der Waals surface area contributed by atoms with Gasteiger partial charge in [0.15, 0.2) is 0 Å². The van der Waals surface area contributed by atoms with Gasteiger partial charge in [0.05, 0.1) is 7.11 Å². The van der Waals surface area contributed by atoms with Gasteiger partial charge in [-0.15, -0.1) is 10.2 Å². The lowest BCUT2D eigenvalue weighted by molar-refractivity contribution is 0.402. The molecule has 108 valence electrons. The Morgan fingerprint density at radius 2 is 2.15 bits per heavy atom. The van der Waals surface area contributed by atoms with Crippen molar-refractivity contribution in [2.75, 3.05) is 19.4 Å². The summed E-state index contributed by atoms with van der Waals surface area (Å²) in [5, 5.41) is 11.9. The lowest BCUT2D eigenvalue weighted by atomic mass is 10.1. The third-order valence-electron chi connectivity index (χ3n) is 2.85. The molecular formula is C14H19N3O2S. The number of ether oxygens (including phenoxy) is 1. The summed E-state index contributed by atoms with van der Waals surface area (Å²) in [6.07, 6.45) is 0. The zero-order valence-electron chi connectivity index (χ0n) is 11.9. The first kappa shape index (κ1) is 14.9. The molecule has 1 atom stereocenters. The maximum Gasteiger partial charge on any atom is 0.276 e. The summed E-state index contributed by atoms with van der Waals surface area (Å²) in [6.45, 7) is 4.76. The zero-order valence-corrected chi connectivity index (χ0v) is 12.7. The molecule has 0 fully saturated rings. The van der Waals surface area contributed by atoms with Gasteiger partial charge < -0.3 is 14.5 Å². The maximum absolute atomic E-state index is 5.43. The van der Waals surface area contributed by atoms with Gasteiger partial charge in [0.25, 0.3) is 5.22 Å². The minimum Gasteiger partial charge on any atom is -0.496 e. The molecule has 2 aromatic rings. The van der Waals surface area contributed by atoms with E-state index in [1.165, 1.54) is 0 Å². The van der Waals surface area contributed by atoms with Gasteiger partial charge in [-0.2, -0.15) is 0 Å². The molecule has 1 unspecified atom stereocenters. The van der Waals surface area contributed by atoms with Gasteiger partial charge >= 0.3 is 0 Å². The van der Waals surface area contributed by atoms with Crippen LogP contribution in [0, 0.1) is 6.92 Å². The van der Waals surface area contributed by atoms with E-state index < -0.39 is 0 Å². The first-order valence-corrected chi connectivity index (χ1v) is 7.52. The van der Waals surface area contributed by atoms with Gasteiger partial charge in [-0.05, 0) is 12.6 Å². The molecule has 0 aliphatic carbocycles. The molecule has 0 bridgehead atoms. The Morgan fingerprint density at radius 1 is 1.35 bits per heavy atom. The molecule has 0 saturated carbocycles. The van der Waals surface area contributed by atoms with Crippen LogP contribution in [0.15, 0.2) is 33.9 Å². The van der Waals surface area contributed by atoms with Crippen molar-refractivity contribution in [1.82, 2.24) is 15.5 Å². The summed E-state index contributed by atoms with van der Waals surface area (Å²) in [6, 6.07) is 8.21. The molecule has 0 saturated heterocycles. The molecule has 6 heteroatoms. The molecule has 20 heavy (non-hydrogen) atoms. The second-order valence-corrected chi connectivity index (χ2v) is 5.22. The molecule has 0 spiro atoms. The molecular weight excluding hydrogens is 274 g/mol. The number of nitrogens with one attached hydrogen (secondary N) is 1. The second kappa shape index (κ2) is 7.31. The number of aryl methyl sites for hydroxylation is 1. The largest absolute Gasteiger partial charge is 0.496 e. The number of methoxy groups -OCH3 is 1. The van der Waals surface area contributed by atoms with E-state index in [2.05, 4.69) is 28.5 Å². The Kier molecular flexibility index (Phi) is 5.43. The van der Waals surface area contributed by atoms with Crippen molar-refractivity contribution in [3.63, 3.8) is 0 Å². The molecule has 1 N–H and O–H groups in total. The Hall–Kier alpha value is -1.53. The molecule has 0 aliphatic heterocycles. The minimum atomic E-state index is 0.174. The van der Waals surface area contributed by atoms with Crippen LogP contribution in [0.2, 0.25) is 0 Å². The van der Waals surface area contributed by atoms with E-state index in [1.54, 1.807) is 25.8 Å². The molecule has 5 nitrogen and oxygen atoms in total. The summed E-state index contributed by atoms with van der Waals surface area (Å²) in [5.41, 5.74) is 1.14. The molecule has 0 radical (unpaired) electrons. The lowest BCUT2D eigenvalue weighted by Gasteiger charge is -2.19. The summed E-state index contributed by atoms with van der Waals surface area (Å²) in [5.74, 6) is 2.28. The molecule has 1 aromatic heterocycles. The van der Waals surface area contributed by atoms with E-state index in [0.29, 0.717) is 11.1 Å². The number of aromatic nitrogens is 2. The average Bonchev–Trinajstić information content (AvgIpc) is 2.89. The highest BCUT2D eigenvalue weighted by molar-refractivity contribution is 7.99. The predicted octanol–water partition coefficient (Wildman–Crippen LogP) is 2.83. The minimum absolute atomic E-state index is 0.174. The van der Waals surface area contributed by atoms with Gasteiger partial charge in [0, 0.05) is 24.3 Å². The summed E-state index contributed by atoms with van der Waals surface area (Å²) in [7, 11) is 1.69. The summed E-state index contributed by atoms with van der Waals surface area (Å²) < 4.78 is 10.8. The number of thioether (sulfide) groups is 1. The van der Waals surface area contributed by atoms with Crippen LogP contribution in [0.3, 0.4) is 0 Å². The van der Waals surface area contributed by atoms with Crippen molar-refractivity contribution in [3.05, 3.63) is 35.7 Å². The van der Waals surface area contributed by atoms with Gasteiger partial charge in [0.2, 0.25) is 5.89 Å². The van der Waals surface area contributed by atoms with E-state index >= 15 is 0 Å². The standard InChI is InChI=1S/C14H19N3O2S/c1-4-15-12(9-20-14-17-16-10(2)19-14)11-7-5-6-8-13(11)18-3/h5-8,12,15H,4,9H2,1-3H3. The Balaban J connectivity index is 2.10. The fraction of sp³-hybridized carbons (Fsp3) is 0.429. The Bertz CT molecular complexity index is 545. The molecule has 1 heterocycles. The van der Waals surface area contributed by atoms with Crippen molar-refractivity contribution in [1.29, 1.82) is 0 Å². The molecule has 0 aliphatic rings. The highest BCUT2D eigenvalue weighted by atomic mass is 32.2. The van der Waals surface area contributed by atoms with Crippen molar-refractivity contribution in [2.24, 2.45) is 0 Å². The lowest BCUT2D eigenvalue weighted by Crippen LogP contribution is -2.23. The van der Waals surface area contributed by atoms with Crippen molar-refractivity contribution in [2.45, 2.75) is 25.1 Å². The third kappa shape index (κ3) is 3.74. The first-order valence-electron chi connectivity index (χ1n) is 6.53. The monoisotopic (exact) mass is 293 g/mol. The van der Waals surface area contributed by atoms with Crippen molar-refractivity contribution >= 4 is 11.8 Å². The molecule has 2 rings (SSSR count). The highest BCUT2D eigenvalue weighted by Gasteiger charge is 2.16. The average molecular weight is 293 g/mol. The smallest absolute Gasteiger partial charge is 0.276 e. The van der Waals surface area contributed by atoms with Crippen molar-refractivity contribution in [3.8, 4) is 5.75 Å². The number of para-hydroxylation sites is 1. The number of hydrogen-bond donors (Lipinski definition) is 1. The van der Waals surface area contributed by atoms with E-state index in [-0.39, 0.29) is 6.04 Å². The number of hydrogen-bond acceptors (Lipinski definition) is 6. The fourth-order valence-corrected chi connectivity index (χ4v) is 2.84. The van der Waals surface area contributed by atoms with Crippen LogP contribution in [0.4, 0.5) is 0 Å². The maximum atomic E-state index is 5.43. The van der Waals surface area contributed by atoms with E-state index in [1.807, 2.05) is 18.2 Å². The summed E-state index contributed by atoms with van der Waals surface area (Å²) >= 11 is 1.55. The first-order chi connectivity index (χ1) is 9.74. The van der Waals surface area contributed by atoms with Crippen LogP contribution in [0.25, 0.3) is 0 Å². The Labute approximate surface area is 123 Å². The van der Waals surface area contributed by atoms with Crippen LogP contribution in [0.1, 0.15) is 24.4 Å². The molecule has 0 amide bonds. The van der Waals surface area contributed by atoms with E-state index in [9.17, 15) is 0 Å². The van der Waals surface area contributed by atoms with Gasteiger partial charge in [-0.3, -0.25) is 0 Å². The van der Waals surface area contributed by atoms with Gasteiger partial charge in [-0.25, -0.2) is 0 Å². The third-order valence-corrected chi connectivity index (χ3v) is 3.76. The van der Waals surface area contributed by atoms with Crippen LogP contribution in [0.5, 0.6) is 5.75 Å². The van der Waals surface area contributed by atoms with Gasteiger partial charge in [-0.1, -0.05) is 36.9 Å². The fourth-order valence-electron chi connectivity index (χ4n) is 1.95. The second-order valence-electron chi connectivity index (χ2n) is 4.25. The summed E-state index contributed by atoms with van der Waals surface area (Å²) in [4.78, 5) is 0. The van der Waals surface area contributed by atoms with E-state index in [4.69, 9.17) is 9.15 Å². The highest BCUT2D eigenvalue weighted by Crippen LogP contribution is 2.29. The number of rotatable bonds is 7. The van der Waals surface area contributed by atoms with E-state index in [0.717, 1.165) is 23.6 Å². The van der Waals surface area contributed by atoms with Gasteiger partial charge in [0.1, 0.15) is 5.75 Å². The normalized spacial score (nSPS) is 12.3. The van der Waals surface area contributed by atoms with Crippen LogP contribution in [-0.2, 0) is 0 Å². The SMILES string of the molecule is CCNC(CSc1nnc(C)o1)c1ccccc1OC. The zero-order chi connectivity index (χ0) is 14.4. The van der Waals surface area contributed by atoms with Crippen LogP contribution >= 0.6 is 11.8 Å². The van der Waals surface area contributed by atoms with Crippen LogP contribution < -0.4 is 10.1 Å². The predicted molar refractivity (Wildman–Crippen MR) is 79.2 cm³/mol. The number of benzene rings is 1. The topological polar surface area (TPSA) is 60.2 Å².